The monoisotopic (exact) mass is 378 g/mol. The number of hydrogen-bond donors (Lipinski definition) is 0. The van der Waals surface area contributed by atoms with Crippen molar-refractivity contribution < 1.29 is 18.0 Å². The molecule has 1 heterocycles. The van der Waals surface area contributed by atoms with E-state index in [1.54, 1.807) is 11.9 Å². The second-order valence-electron chi connectivity index (χ2n) is 7.18. The molecule has 6 nitrogen and oxygen atoms in total. The van der Waals surface area contributed by atoms with Crippen molar-refractivity contribution in [3.63, 3.8) is 0 Å². The fourth-order valence-corrected chi connectivity index (χ4v) is 5.27. The van der Waals surface area contributed by atoms with E-state index in [-0.39, 0.29) is 23.4 Å². The van der Waals surface area contributed by atoms with Crippen molar-refractivity contribution in [2.45, 2.75) is 32.1 Å². The van der Waals surface area contributed by atoms with Gasteiger partial charge in [-0.25, -0.2) is 12.7 Å². The molecule has 26 heavy (non-hydrogen) atoms. The van der Waals surface area contributed by atoms with Gasteiger partial charge in [-0.15, -0.1) is 0 Å². The van der Waals surface area contributed by atoms with E-state index >= 15 is 0 Å². The van der Waals surface area contributed by atoms with Gasteiger partial charge in [0.25, 0.3) is 0 Å². The number of nitrogens with zero attached hydrogens (tertiary/aromatic N) is 2. The number of fused-ring (bicyclic) bond motifs is 1. The summed E-state index contributed by atoms with van der Waals surface area (Å²) in [7, 11) is -1.43. The largest absolute Gasteiger partial charge is 0.344 e. The standard InChI is InChI=1S/C19H26N2O4S/c1-20(12-13-21-11-4-14-26(21,24)25)18(22)10-9-16-8-7-15-5-2-3-6-17(15)19(16)23/h2-3,5-6,16H,4,7-14H2,1H3. The average molecular weight is 378 g/mol. The molecule has 0 spiro atoms. The minimum absolute atomic E-state index is 0.0340. The number of amides is 1. The molecule has 0 radical (unpaired) electrons. The number of carbonyl (C=O) groups is 2. The molecule has 1 amide bonds. The highest BCUT2D eigenvalue weighted by atomic mass is 32.2. The number of aryl methyl sites for hydroxylation is 1. The molecule has 1 atom stereocenters. The zero-order chi connectivity index (χ0) is 18.7. The lowest BCUT2D eigenvalue weighted by Gasteiger charge is -2.25. The smallest absolute Gasteiger partial charge is 0.222 e. The van der Waals surface area contributed by atoms with Crippen LogP contribution in [0.4, 0.5) is 0 Å². The van der Waals surface area contributed by atoms with Crippen LogP contribution in [0.2, 0.25) is 0 Å². The number of likely N-dealkylation sites (N-methyl/N-ethyl adjacent to an activating group) is 1. The van der Waals surface area contributed by atoms with E-state index in [0.29, 0.717) is 38.9 Å². The molecule has 142 valence electrons. The molecular weight excluding hydrogens is 352 g/mol. The summed E-state index contributed by atoms with van der Waals surface area (Å²) in [6, 6.07) is 7.69. The average Bonchev–Trinajstić information content (AvgIpc) is 2.97. The second kappa shape index (κ2) is 7.88. The van der Waals surface area contributed by atoms with Crippen LogP contribution < -0.4 is 0 Å². The summed E-state index contributed by atoms with van der Waals surface area (Å²) in [6.45, 7) is 1.28. The van der Waals surface area contributed by atoms with E-state index in [0.717, 1.165) is 24.0 Å². The summed E-state index contributed by atoms with van der Waals surface area (Å²) in [5.41, 5.74) is 1.90. The van der Waals surface area contributed by atoms with Crippen molar-refractivity contribution >= 4 is 21.7 Å². The molecule has 0 bridgehead atoms. The van der Waals surface area contributed by atoms with Crippen LogP contribution >= 0.6 is 0 Å². The summed E-state index contributed by atoms with van der Waals surface area (Å²) in [4.78, 5) is 26.5. The summed E-state index contributed by atoms with van der Waals surface area (Å²) >= 11 is 0. The topological polar surface area (TPSA) is 74.8 Å². The molecule has 1 fully saturated rings. The van der Waals surface area contributed by atoms with Crippen molar-refractivity contribution in [3.05, 3.63) is 35.4 Å². The van der Waals surface area contributed by atoms with Crippen molar-refractivity contribution in [3.8, 4) is 0 Å². The zero-order valence-corrected chi connectivity index (χ0v) is 16.0. The maximum atomic E-state index is 12.6. The molecule has 0 aromatic heterocycles. The number of benzene rings is 1. The Morgan fingerprint density at radius 1 is 1.31 bits per heavy atom. The van der Waals surface area contributed by atoms with Crippen LogP contribution in [0.5, 0.6) is 0 Å². The van der Waals surface area contributed by atoms with E-state index in [1.165, 1.54) is 4.31 Å². The van der Waals surface area contributed by atoms with E-state index in [1.807, 2.05) is 24.3 Å². The van der Waals surface area contributed by atoms with Crippen LogP contribution in [0.25, 0.3) is 0 Å². The molecule has 0 N–H and O–H groups in total. The third-order valence-electron chi connectivity index (χ3n) is 5.44. The second-order valence-corrected chi connectivity index (χ2v) is 9.27. The van der Waals surface area contributed by atoms with Crippen LogP contribution in [-0.4, -0.2) is 61.7 Å². The Morgan fingerprint density at radius 3 is 2.81 bits per heavy atom. The van der Waals surface area contributed by atoms with Gasteiger partial charge in [0.2, 0.25) is 15.9 Å². The van der Waals surface area contributed by atoms with Gasteiger partial charge >= 0.3 is 0 Å². The molecule has 1 aliphatic carbocycles. The van der Waals surface area contributed by atoms with E-state index in [9.17, 15) is 18.0 Å². The number of sulfonamides is 1. The van der Waals surface area contributed by atoms with Crippen LogP contribution in [0.15, 0.2) is 24.3 Å². The SMILES string of the molecule is CN(CCN1CCCS1(=O)=O)C(=O)CCC1CCc2ccccc2C1=O. The Morgan fingerprint density at radius 2 is 2.08 bits per heavy atom. The summed E-state index contributed by atoms with van der Waals surface area (Å²) in [5.74, 6) is 0.218. The van der Waals surface area contributed by atoms with Gasteiger partial charge in [0.15, 0.2) is 5.78 Å². The van der Waals surface area contributed by atoms with Gasteiger partial charge in [-0.05, 0) is 31.2 Å². The van der Waals surface area contributed by atoms with Crippen molar-refractivity contribution in [1.82, 2.24) is 9.21 Å². The third kappa shape index (κ3) is 4.15. The van der Waals surface area contributed by atoms with E-state index in [2.05, 4.69) is 0 Å². The first kappa shape index (κ1) is 19.0. The fourth-order valence-electron chi connectivity index (χ4n) is 3.75. The van der Waals surface area contributed by atoms with Crippen LogP contribution in [0, 0.1) is 5.92 Å². The van der Waals surface area contributed by atoms with Gasteiger partial charge in [0.05, 0.1) is 5.75 Å². The maximum absolute atomic E-state index is 12.6. The van der Waals surface area contributed by atoms with E-state index in [4.69, 9.17) is 0 Å². The molecule has 1 aromatic rings. The predicted molar refractivity (Wildman–Crippen MR) is 99.4 cm³/mol. The lowest BCUT2D eigenvalue weighted by Crippen LogP contribution is -2.37. The van der Waals surface area contributed by atoms with Crippen molar-refractivity contribution in [2.75, 3.05) is 32.4 Å². The van der Waals surface area contributed by atoms with Gasteiger partial charge < -0.3 is 4.90 Å². The van der Waals surface area contributed by atoms with Crippen LogP contribution in [0.3, 0.4) is 0 Å². The number of ketones is 1. The Hall–Kier alpha value is -1.73. The maximum Gasteiger partial charge on any atom is 0.222 e. The number of carbonyl (C=O) groups excluding carboxylic acids is 2. The quantitative estimate of drug-likeness (QED) is 0.755. The first-order valence-electron chi connectivity index (χ1n) is 9.22. The van der Waals surface area contributed by atoms with Crippen molar-refractivity contribution in [1.29, 1.82) is 0 Å². The Balaban J connectivity index is 1.47. The van der Waals surface area contributed by atoms with Crippen LogP contribution in [-0.2, 0) is 21.2 Å². The molecule has 3 rings (SSSR count). The molecular formula is C19H26N2O4S. The van der Waals surface area contributed by atoms with Gasteiger partial charge in [-0.2, -0.15) is 0 Å². The molecule has 2 aliphatic rings. The lowest BCUT2D eigenvalue weighted by molar-refractivity contribution is -0.130. The fraction of sp³-hybridized carbons (Fsp3) is 0.579. The van der Waals surface area contributed by atoms with Gasteiger partial charge in [0.1, 0.15) is 0 Å². The highest BCUT2D eigenvalue weighted by Crippen LogP contribution is 2.28. The predicted octanol–water partition coefficient (Wildman–Crippen LogP) is 1.71. The van der Waals surface area contributed by atoms with Gasteiger partial charge in [0, 0.05) is 44.6 Å². The van der Waals surface area contributed by atoms with Gasteiger partial charge in [-0.3, -0.25) is 9.59 Å². The zero-order valence-electron chi connectivity index (χ0n) is 15.2. The molecule has 1 saturated heterocycles. The first-order valence-corrected chi connectivity index (χ1v) is 10.8. The Bertz CT molecular complexity index is 790. The number of rotatable bonds is 6. The molecule has 1 unspecified atom stereocenters. The molecule has 1 aliphatic heterocycles. The highest BCUT2D eigenvalue weighted by molar-refractivity contribution is 7.89. The molecule has 0 saturated carbocycles. The lowest BCUT2D eigenvalue weighted by atomic mass is 9.80. The Kier molecular flexibility index (Phi) is 5.77. The minimum atomic E-state index is -3.12. The van der Waals surface area contributed by atoms with Gasteiger partial charge in [-0.1, -0.05) is 24.3 Å². The summed E-state index contributed by atoms with van der Waals surface area (Å²) in [5, 5.41) is 0. The molecule has 1 aromatic carbocycles. The first-order chi connectivity index (χ1) is 12.4. The normalized spacial score (nSPS) is 22.2. The summed E-state index contributed by atoms with van der Waals surface area (Å²) < 4.78 is 25.1. The Labute approximate surface area is 155 Å². The van der Waals surface area contributed by atoms with E-state index < -0.39 is 10.0 Å². The third-order valence-corrected chi connectivity index (χ3v) is 7.39. The molecule has 7 heteroatoms. The number of hydrogen-bond acceptors (Lipinski definition) is 4. The minimum Gasteiger partial charge on any atom is -0.344 e. The highest BCUT2D eigenvalue weighted by Gasteiger charge is 2.29. The van der Waals surface area contributed by atoms with Crippen LogP contribution in [0.1, 0.15) is 41.6 Å². The number of Topliss-reactive ketones (excluding diaryl/α,β-unsaturated/α-hetero) is 1. The summed E-state index contributed by atoms with van der Waals surface area (Å²) in [6.07, 6.45) is 3.20. The van der Waals surface area contributed by atoms with Crippen molar-refractivity contribution in [2.24, 2.45) is 5.92 Å².